The average molecular weight is 674 g/mol. The van der Waals surface area contributed by atoms with Gasteiger partial charge in [-0.05, 0) is 5.92 Å². The summed E-state index contributed by atoms with van der Waals surface area (Å²) < 4.78 is 49.6. The van der Waals surface area contributed by atoms with Gasteiger partial charge in [-0.2, -0.15) is 0 Å². The van der Waals surface area contributed by atoms with Gasteiger partial charge < -0.3 is 5.73 Å². The number of halogens is 2. The zero-order chi connectivity index (χ0) is 31.3. The number of carbonyl (C=O) groups is 2. The number of nitrogens with two attached hydrogens (primary N) is 1. The van der Waals surface area contributed by atoms with Crippen LogP contribution in [0.5, 0.6) is 5.75 Å². The molecular weight excluding hydrogens is 641 g/mol. The van der Waals surface area contributed by atoms with E-state index in [1.54, 1.807) is 24.8 Å². The molecule has 2 N–H and O–H groups in total. The Balaban J connectivity index is 1.53. The van der Waals surface area contributed by atoms with Crippen LogP contribution in [0.3, 0.4) is 0 Å². The van der Waals surface area contributed by atoms with E-state index in [4.69, 9.17) is 19.9 Å². The van der Waals surface area contributed by atoms with Gasteiger partial charge in [-0.3, -0.25) is 0 Å². The summed E-state index contributed by atoms with van der Waals surface area (Å²) in [5.74, 6) is -3.50. The average Bonchev–Trinajstić information content (AvgIpc) is 3.17. The molecule has 1 saturated heterocycles. The van der Waals surface area contributed by atoms with Crippen molar-refractivity contribution in [1.82, 2.24) is 9.58 Å². The zero-order valence-corrected chi connectivity index (χ0v) is 26.1. The second kappa shape index (κ2) is 12.0. The van der Waals surface area contributed by atoms with E-state index in [9.17, 15) is 18.8 Å². The third kappa shape index (κ3) is 5.17. The molecule has 0 radical (unpaired) electrons. The van der Waals surface area contributed by atoms with Crippen LogP contribution in [0, 0.1) is 17.6 Å². The van der Waals surface area contributed by atoms with Gasteiger partial charge >= 0.3 is 234 Å². The molecule has 3 aliphatic rings. The Morgan fingerprint density at radius 1 is 1.09 bits per heavy atom. The molecule has 6 rings (SSSR count). The quantitative estimate of drug-likeness (QED) is 0.239. The molecule has 1 fully saturated rings. The molecule has 3 aromatic rings. The van der Waals surface area contributed by atoms with Crippen molar-refractivity contribution in [1.29, 1.82) is 0 Å². The monoisotopic (exact) mass is 674 g/mol. The summed E-state index contributed by atoms with van der Waals surface area (Å²) in [7, 11) is 0. The molecule has 1 unspecified atom stereocenters. The number of hydrogen-bond acceptors (Lipinski definition) is 8. The van der Waals surface area contributed by atoms with Crippen molar-refractivity contribution in [2.75, 3.05) is 24.8 Å². The molecule has 13 heteroatoms. The normalized spacial score (nSPS) is 20.6. The van der Waals surface area contributed by atoms with Crippen LogP contribution in [0.15, 0.2) is 53.5 Å². The predicted molar refractivity (Wildman–Crippen MR) is 157 cm³/mol. The van der Waals surface area contributed by atoms with Crippen LogP contribution in [0.25, 0.3) is 0 Å². The summed E-state index contributed by atoms with van der Waals surface area (Å²) in [4.78, 5) is 41.5. The minimum atomic E-state index is -1.24. The summed E-state index contributed by atoms with van der Waals surface area (Å²) in [5.41, 5.74) is 6.94. The van der Waals surface area contributed by atoms with E-state index in [0.29, 0.717) is 10.9 Å². The van der Waals surface area contributed by atoms with E-state index in [1.165, 1.54) is 23.9 Å². The van der Waals surface area contributed by atoms with Gasteiger partial charge in [-0.15, -0.1) is 0 Å². The molecule has 0 saturated carbocycles. The van der Waals surface area contributed by atoms with E-state index >= 15 is 4.39 Å². The molecule has 2 aromatic carbocycles. The summed E-state index contributed by atoms with van der Waals surface area (Å²) >= 11 is -0.208. The maximum absolute atomic E-state index is 15.4. The van der Waals surface area contributed by atoms with Gasteiger partial charge in [0.2, 0.25) is 0 Å². The van der Waals surface area contributed by atoms with Crippen molar-refractivity contribution in [2.24, 2.45) is 11.7 Å². The van der Waals surface area contributed by atoms with Crippen LogP contribution in [-0.2, 0) is 19.6 Å². The first kappa shape index (κ1) is 30.3. The summed E-state index contributed by atoms with van der Waals surface area (Å²) in [5, 5.41) is 2.20. The van der Waals surface area contributed by atoms with Gasteiger partial charge in [0.15, 0.2) is 0 Å². The minimum absolute atomic E-state index is 0.0805. The van der Waals surface area contributed by atoms with Gasteiger partial charge in [0.05, 0.1) is 0 Å². The Hall–Kier alpha value is -3.77. The van der Waals surface area contributed by atoms with Crippen molar-refractivity contribution < 1.29 is 32.6 Å². The first-order chi connectivity index (χ1) is 21.1. The van der Waals surface area contributed by atoms with Crippen LogP contribution in [0.1, 0.15) is 54.0 Å². The van der Waals surface area contributed by atoms with Gasteiger partial charge in [-0.25, -0.2) is 0 Å². The molecule has 1 aromatic heterocycles. The van der Waals surface area contributed by atoms with E-state index in [1.807, 2.05) is 29.3 Å². The Labute approximate surface area is 258 Å². The molecule has 232 valence electrons. The first-order valence-electron chi connectivity index (χ1n) is 14.3. The molecule has 44 heavy (non-hydrogen) atoms. The first-order valence-corrected chi connectivity index (χ1v) is 16.4. The molecule has 4 atom stereocenters. The number of pyridine rings is 1. The maximum atomic E-state index is 15.4. The van der Waals surface area contributed by atoms with E-state index in [0.717, 1.165) is 16.1 Å². The number of rotatable bonds is 6. The second-order valence-electron chi connectivity index (χ2n) is 11.2. The van der Waals surface area contributed by atoms with Crippen LogP contribution < -0.4 is 25.4 Å². The Morgan fingerprint density at radius 3 is 2.64 bits per heavy atom. The fourth-order valence-corrected chi connectivity index (χ4v) is 8.13. The zero-order valence-electron chi connectivity index (χ0n) is 24.4. The van der Waals surface area contributed by atoms with Crippen LogP contribution >= 0.6 is 0 Å². The molecule has 1 amide bonds. The number of aromatic nitrogens is 1. The summed E-state index contributed by atoms with van der Waals surface area (Å²) in [6, 6.07) is 10.1. The third-order valence-electron chi connectivity index (χ3n) is 8.09. The third-order valence-corrected chi connectivity index (χ3v) is 10.4. The fraction of sp³-hybridized carbons (Fsp3) is 0.387. The molecule has 4 heterocycles. The molecule has 0 spiro atoms. The van der Waals surface area contributed by atoms with Crippen LogP contribution in [-0.4, -0.2) is 74.7 Å². The molecule has 0 aliphatic carbocycles. The fourth-order valence-electron chi connectivity index (χ4n) is 5.79. The van der Waals surface area contributed by atoms with E-state index in [2.05, 4.69) is 0 Å². The van der Waals surface area contributed by atoms with Crippen molar-refractivity contribution >= 4 is 31.3 Å². The van der Waals surface area contributed by atoms with Crippen molar-refractivity contribution in [3.8, 4) is 5.75 Å². The number of ether oxygens (including phenoxy) is 3. The van der Waals surface area contributed by atoms with E-state index < -0.39 is 53.5 Å². The van der Waals surface area contributed by atoms with Crippen molar-refractivity contribution in [3.05, 3.63) is 92.9 Å². The Kier molecular flexibility index (Phi) is 8.23. The van der Waals surface area contributed by atoms with Gasteiger partial charge in [0.1, 0.15) is 0 Å². The summed E-state index contributed by atoms with van der Waals surface area (Å²) in [6.45, 7) is 5.61. The summed E-state index contributed by atoms with van der Waals surface area (Å²) in [6.07, 6.45) is -0.421. The van der Waals surface area contributed by atoms with Gasteiger partial charge in [0, 0.05) is 0 Å². The van der Waals surface area contributed by atoms with E-state index in [-0.39, 0.29) is 57.6 Å². The topological polar surface area (TPSA) is 116 Å². The molecule has 10 nitrogen and oxygen atoms in total. The van der Waals surface area contributed by atoms with Crippen LogP contribution in [0.2, 0.25) is 0 Å². The number of benzene rings is 2. The number of nitrogens with zero attached hydrogens (tertiary/aromatic N) is 3. The Bertz CT molecular complexity index is 1680. The standard InChI is InChI=1S/C31H32F2N4O6Se/c1-16(2)26(34)31(40)43-17(3)42-29-22(38)10-11-36-28(29)30(39)35-12-13-41-14-24(35)37(36)27-18-8-9-21(32)25(33)20(18)15-44-23-7-5-4-6-19(23)27/h4-11,16-17,24,26-27H,12-15,34H2,1-3H3/t17?,24-,26+,27+/m1/s1. The molecule has 0 bridgehead atoms. The van der Waals surface area contributed by atoms with Gasteiger partial charge in [0.25, 0.3) is 0 Å². The number of fused-ring (bicyclic) bond motifs is 4. The molecule has 3 aliphatic heterocycles. The number of esters is 1. The second-order valence-corrected chi connectivity index (χ2v) is 13.3. The predicted octanol–water partition coefficient (Wildman–Crippen LogP) is 1.76. The number of morpholine rings is 1. The number of carbonyl (C=O) groups excluding carboxylic acids is 2. The SMILES string of the molecule is CC(OC(=O)[C@@H](N)C(C)C)Oc1c2n(ccc1=O)N([C@@H]1c3ccccc3[Se]Cc3c1ccc(F)c3F)[C@@H]1COCCN1C2=O. The van der Waals surface area contributed by atoms with Crippen molar-refractivity contribution in [2.45, 2.75) is 50.6 Å². The Morgan fingerprint density at radius 2 is 1.86 bits per heavy atom. The van der Waals surface area contributed by atoms with Crippen molar-refractivity contribution in [3.63, 3.8) is 0 Å². The number of amides is 1. The molecular formula is C31H32F2N4O6Se. The number of hydrogen-bond donors (Lipinski definition) is 1. The van der Waals surface area contributed by atoms with Gasteiger partial charge in [-0.1, -0.05) is 13.8 Å². The van der Waals surface area contributed by atoms with Crippen LogP contribution in [0.4, 0.5) is 8.78 Å².